The molecule has 104 valence electrons. The van der Waals surface area contributed by atoms with Gasteiger partial charge in [0.05, 0.1) is 0 Å². The van der Waals surface area contributed by atoms with Gasteiger partial charge >= 0.3 is 0 Å². The zero-order valence-electron chi connectivity index (χ0n) is 11.1. The molecule has 0 aliphatic carbocycles. The van der Waals surface area contributed by atoms with Crippen LogP contribution in [0, 0.1) is 5.92 Å². The molecule has 0 spiro atoms. The molecular formula is C15H21BrN2O. The van der Waals surface area contributed by atoms with Crippen LogP contribution >= 0.6 is 15.9 Å². The monoisotopic (exact) mass is 324 g/mol. The van der Waals surface area contributed by atoms with Crippen molar-refractivity contribution in [2.45, 2.75) is 25.7 Å². The Morgan fingerprint density at radius 3 is 2.79 bits per heavy atom. The average molecular weight is 325 g/mol. The van der Waals surface area contributed by atoms with Crippen LogP contribution in [-0.2, 0) is 11.2 Å². The molecule has 2 rings (SSSR count). The van der Waals surface area contributed by atoms with Crippen molar-refractivity contribution < 1.29 is 4.79 Å². The van der Waals surface area contributed by atoms with Crippen LogP contribution in [0.2, 0.25) is 0 Å². The van der Waals surface area contributed by atoms with E-state index in [0.29, 0.717) is 18.9 Å². The van der Waals surface area contributed by atoms with Gasteiger partial charge in [0, 0.05) is 17.4 Å². The van der Waals surface area contributed by atoms with Gasteiger partial charge in [0.2, 0.25) is 5.91 Å². The van der Waals surface area contributed by atoms with Crippen LogP contribution in [0.15, 0.2) is 28.7 Å². The molecule has 4 heteroatoms. The molecule has 0 unspecified atom stereocenters. The van der Waals surface area contributed by atoms with Crippen LogP contribution in [0.1, 0.15) is 24.8 Å². The molecule has 1 aromatic carbocycles. The van der Waals surface area contributed by atoms with E-state index in [0.717, 1.165) is 36.8 Å². The Bertz CT molecular complexity index is 416. The number of carbonyl (C=O) groups is 1. The van der Waals surface area contributed by atoms with Crippen molar-refractivity contribution in [1.29, 1.82) is 0 Å². The van der Waals surface area contributed by atoms with Gasteiger partial charge in [-0.25, -0.2) is 0 Å². The third-order valence-electron chi connectivity index (χ3n) is 3.61. The second-order valence-electron chi connectivity index (χ2n) is 5.09. The summed E-state index contributed by atoms with van der Waals surface area (Å²) in [6, 6.07) is 8.15. The molecule has 1 fully saturated rings. The van der Waals surface area contributed by atoms with Gasteiger partial charge in [-0.15, -0.1) is 0 Å². The summed E-state index contributed by atoms with van der Waals surface area (Å²) in [5.41, 5.74) is 1.24. The maximum Gasteiger partial charge on any atom is 0.220 e. The van der Waals surface area contributed by atoms with Gasteiger partial charge in [0.1, 0.15) is 0 Å². The lowest BCUT2D eigenvalue weighted by Gasteiger charge is -2.21. The minimum atomic E-state index is 0.193. The van der Waals surface area contributed by atoms with E-state index in [-0.39, 0.29) is 5.91 Å². The fourth-order valence-electron chi connectivity index (χ4n) is 2.46. The Morgan fingerprint density at radius 1 is 1.32 bits per heavy atom. The number of carbonyl (C=O) groups excluding carboxylic acids is 1. The Labute approximate surface area is 123 Å². The first-order chi connectivity index (χ1) is 9.25. The van der Waals surface area contributed by atoms with Gasteiger partial charge in [0.25, 0.3) is 0 Å². The Hall–Kier alpha value is -0.870. The largest absolute Gasteiger partial charge is 0.356 e. The smallest absolute Gasteiger partial charge is 0.220 e. The molecule has 0 atom stereocenters. The molecule has 1 heterocycles. The SMILES string of the molecule is O=C(CC1CCNCC1)NCCc1ccccc1Br. The number of piperidine rings is 1. The molecule has 1 saturated heterocycles. The average Bonchev–Trinajstić information content (AvgIpc) is 2.42. The fourth-order valence-corrected chi connectivity index (χ4v) is 2.94. The van der Waals surface area contributed by atoms with Crippen molar-refractivity contribution in [2.24, 2.45) is 5.92 Å². The van der Waals surface area contributed by atoms with E-state index in [9.17, 15) is 4.79 Å². The summed E-state index contributed by atoms with van der Waals surface area (Å²) in [5, 5.41) is 6.35. The number of amides is 1. The highest BCUT2D eigenvalue weighted by Gasteiger charge is 2.16. The highest BCUT2D eigenvalue weighted by atomic mass is 79.9. The lowest BCUT2D eigenvalue weighted by atomic mass is 9.94. The van der Waals surface area contributed by atoms with Crippen LogP contribution in [0.5, 0.6) is 0 Å². The van der Waals surface area contributed by atoms with Gasteiger partial charge in [-0.3, -0.25) is 4.79 Å². The zero-order valence-corrected chi connectivity index (χ0v) is 12.7. The summed E-state index contributed by atoms with van der Waals surface area (Å²) in [5.74, 6) is 0.753. The molecule has 1 aliphatic heterocycles. The predicted octanol–water partition coefficient (Wildman–Crippen LogP) is 2.50. The third kappa shape index (κ3) is 4.96. The number of benzene rings is 1. The summed E-state index contributed by atoms with van der Waals surface area (Å²) in [6.07, 6.45) is 3.80. The van der Waals surface area contributed by atoms with Crippen molar-refractivity contribution >= 4 is 21.8 Å². The summed E-state index contributed by atoms with van der Waals surface area (Å²) >= 11 is 3.52. The predicted molar refractivity (Wildman–Crippen MR) is 81.1 cm³/mol. The second-order valence-corrected chi connectivity index (χ2v) is 5.94. The van der Waals surface area contributed by atoms with E-state index in [1.54, 1.807) is 0 Å². The van der Waals surface area contributed by atoms with Crippen molar-refractivity contribution in [3.05, 3.63) is 34.3 Å². The highest BCUT2D eigenvalue weighted by molar-refractivity contribution is 9.10. The third-order valence-corrected chi connectivity index (χ3v) is 4.38. The van der Waals surface area contributed by atoms with Gasteiger partial charge in [-0.1, -0.05) is 34.1 Å². The lowest BCUT2D eigenvalue weighted by Crippen LogP contribution is -2.33. The van der Waals surface area contributed by atoms with Gasteiger partial charge in [-0.05, 0) is 49.9 Å². The minimum Gasteiger partial charge on any atom is -0.356 e. The Kier molecular flexibility index (Phi) is 5.86. The molecule has 0 radical (unpaired) electrons. The summed E-state index contributed by atoms with van der Waals surface area (Å²) in [7, 11) is 0. The van der Waals surface area contributed by atoms with Gasteiger partial charge < -0.3 is 10.6 Å². The summed E-state index contributed by atoms with van der Waals surface area (Å²) in [4.78, 5) is 11.8. The van der Waals surface area contributed by atoms with Gasteiger partial charge in [0.15, 0.2) is 0 Å². The van der Waals surface area contributed by atoms with Crippen molar-refractivity contribution in [3.63, 3.8) is 0 Å². The maximum atomic E-state index is 11.8. The molecule has 1 amide bonds. The first kappa shape index (κ1) is 14.5. The first-order valence-electron chi connectivity index (χ1n) is 6.96. The Balaban J connectivity index is 1.67. The topological polar surface area (TPSA) is 41.1 Å². The van der Waals surface area contributed by atoms with Crippen LogP contribution < -0.4 is 10.6 Å². The molecule has 1 aromatic rings. The standard InChI is InChI=1S/C15H21BrN2O/c16-14-4-2-1-3-13(14)7-10-18-15(19)11-12-5-8-17-9-6-12/h1-4,12,17H,5-11H2,(H,18,19). The van der Waals surface area contributed by atoms with E-state index >= 15 is 0 Å². The second kappa shape index (κ2) is 7.65. The number of nitrogens with one attached hydrogen (secondary N) is 2. The van der Waals surface area contributed by atoms with E-state index in [4.69, 9.17) is 0 Å². The van der Waals surface area contributed by atoms with Crippen LogP contribution in [-0.4, -0.2) is 25.5 Å². The van der Waals surface area contributed by atoms with E-state index in [1.165, 1.54) is 5.56 Å². The van der Waals surface area contributed by atoms with Crippen molar-refractivity contribution in [3.8, 4) is 0 Å². The molecule has 0 saturated carbocycles. The fraction of sp³-hybridized carbons (Fsp3) is 0.533. The van der Waals surface area contributed by atoms with Crippen molar-refractivity contribution in [1.82, 2.24) is 10.6 Å². The van der Waals surface area contributed by atoms with Crippen LogP contribution in [0.3, 0.4) is 0 Å². The molecule has 1 aliphatic rings. The summed E-state index contributed by atoms with van der Waals surface area (Å²) in [6.45, 7) is 2.82. The molecule has 0 bridgehead atoms. The van der Waals surface area contributed by atoms with Crippen molar-refractivity contribution in [2.75, 3.05) is 19.6 Å². The number of hydrogen-bond acceptors (Lipinski definition) is 2. The number of halogens is 1. The van der Waals surface area contributed by atoms with E-state index in [1.807, 2.05) is 18.2 Å². The summed E-state index contributed by atoms with van der Waals surface area (Å²) < 4.78 is 1.11. The highest BCUT2D eigenvalue weighted by Crippen LogP contribution is 2.17. The van der Waals surface area contributed by atoms with Gasteiger partial charge in [-0.2, -0.15) is 0 Å². The number of hydrogen-bond donors (Lipinski definition) is 2. The lowest BCUT2D eigenvalue weighted by molar-refractivity contribution is -0.122. The van der Waals surface area contributed by atoms with Crippen LogP contribution in [0.25, 0.3) is 0 Å². The van der Waals surface area contributed by atoms with E-state index in [2.05, 4.69) is 32.6 Å². The molecule has 2 N–H and O–H groups in total. The van der Waals surface area contributed by atoms with Crippen LogP contribution in [0.4, 0.5) is 0 Å². The zero-order chi connectivity index (χ0) is 13.5. The Morgan fingerprint density at radius 2 is 2.05 bits per heavy atom. The molecular weight excluding hydrogens is 304 g/mol. The molecule has 19 heavy (non-hydrogen) atoms. The maximum absolute atomic E-state index is 11.8. The first-order valence-corrected chi connectivity index (χ1v) is 7.76. The minimum absolute atomic E-state index is 0.193. The quantitative estimate of drug-likeness (QED) is 0.873. The normalized spacial score (nSPS) is 16.3. The molecule has 3 nitrogen and oxygen atoms in total. The van der Waals surface area contributed by atoms with E-state index < -0.39 is 0 Å². The molecule has 0 aromatic heterocycles. The number of rotatable bonds is 5.